The number of anilines is 1. The molecule has 0 spiro atoms. The summed E-state index contributed by atoms with van der Waals surface area (Å²) in [5.74, 6) is -0.108. The molecular formula is C14H19ClN4O2. The molecule has 1 N–H and O–H groups in total. The van der Waals surface area contributed by atoms with Gasteiger partial charge in [0.05, 0.1) is 11.9 Å². The molecule has 2 heterocycles. The summed E-state index contributed by atoms with van der Waals surface area (Å²) >= 11 is 5.70. The van der Waals surface area contributed by atoms with Gasteiger partial charge >= 0.3 is 6.03 Å². The van der Waals surface area contributed by atoms with Crippen molar-refractivity contribution < 1.29 is 9.59 Å². The Morgan fingerprint density at radius 2 is 2.00 bits per heavy atom. The van der Waals surface area contributed by atoms with Crippen LogP contribution in [0.2, 0.25) is 5.15 Å². The Morgan fingerprint density at radius 3 is 2.52 bits per heavy atom. The van der Waals surface area contributed by atoms with E-state index in [1.54, 1.807) is 36.0 Å². The predicted molar refractivity (Wildman–Crippen MR) is 81.3 cm³/mol. The standard InChI is InChI=1S/C14H19ClN4O2/c1-18(2)14(21)19-7-5-10(6-8-19)13(20)17-11-3-4-12(15)16-9-11/h3-4,9-10H,5-8H2,1-2H3,(H,17,20). The van der Waals surface area contributed by atoms with Gasteiger partial charge in [0.25, 0.3) is 0 Å². The smallest absolute Gasteiger partial charge is 0.319 e. The summed E-state index contributed by atoms with van der Waals surface area (Å²) in [7, 11) is 3.46. The van der Waals surface area contributed by atoms with Gasteiger partial charge in [0, 0.05) is 33.1 Å². The molecule has 1 aliphatic rings. The van der Waals surface area contributed by atoms with Gasteiger partial charge in [0.15, 0.2) is 0 Å². The van der Waals surface area contributed by atoms with Crippen molar-refractivity contribution >= 4 is 29.2 Å². The molecule has 1 aromatic heterocycles. The zero-order chi connectivity index (χ0) is 15.4. The summed E-state index contributed by atoms with van der Waals surface area (Å²) in [6.45, 7) is 1.21. The summed E-state index contributed by atoms with van der Waals surface area (Å²) < 4.78 is 0. The van der Waals surface area contributed by atoms with Crippen molar-refractivity contribution in [3.8, 4) is 0 Å². The number of aromatic nitrogens is 1. The highest BCUT2D eigenvalue weighted by atomic mass is 35.5. The third kappa shape index (κ3) is 4.07. The average Bonchev–Trinajstić information content (AvgIpc) is 2.49. The van der Waals surface area contributed by atoms with Crippen molar-refractivity contribution in [1.82, 2.24) is 14.8 Å². The van der Waals surface area contributed by atoms with Crippen LogP contribution < -0.4 is 5.32 Å². The van der Waals surface area contributed by atoms with Crippen molar-refractivity contribution in [3.05, 3.63) is 23.5 Å². The van der Waals surface area contributed by atoms with Gasteiger partial charge in [-0.2, -0.15) is 0 Å². The molecule has 3 amide bonds. The Bertz CT molecular complexity index is 510. The minimum atomic E-state index is -0.0770. The molecule has 0 aliphatic carbocycles. The average molecular weight is 311 g/mol. The molecule has 1 aromatic rings. The van der Waals surface area contributed by atoms with Crippen LogP contribution in [0.15, 0.2) is 18.3 Å². The number of amides is 3. The molecule has 1 aliphatic heterocycles. The first-order valence-corrected chi connectivity index (χ1v) is 7.24. The Kier molecular flexibility index (Phi) is 5.01. The molecule has 21 heavy (non-hydrogen) atoms. The van der Waals surface area contributed by atoms with Gasteiger partial charge < -0.3 is 15.1 Å². The molecule has 114 valence electrons. The molecule has 0 saturated carbocycles. The zero-order valence-electron chi connectivity index (χ0n) is 12.2. The van der Waals surface area contributed by atoms with Crippen LogP contribution >= 0.6 is 11.6 Å². The molecule has 2 rings (SSSR count). The number of nitrogens with zero attached hydrogens (tertiary/aromatic N) is 3. The number of hydrogen-bond donors (Lipinski definition) is 1. The number of pyridine rings is 1. The van der Waals surface area contributed by atoms with Crippen LogP contribution in [0, 0.1) is 5.92 Å². The quantitative estimate of drug-likeness (QED) is 0.850. The summed E-state index contributed by atoms with van der Waals surface area (Å²) in [6.07, 6.45) is 2.88. The number of rotatable bonds is 2. The van der Waals surface area contributed by atoms with Crippen molar-refractivity contribution in [1.29, 1.82) is 0 Å². The molecule has 0 radical (unpaired) electrons. The van der Waals surface area contributed by atoms with E-state index in [-0.39, 0.29) is 17.9 Å². The van der Waals surface area contributed by atoms with Crippen molar-refractivity contribution in [2.24, 2.45) is 5.92 Å². The van der Waals surface area contributed by atoms with Crippen LogP contribution in [-0.2, 0) is 4.79 Å². The highest BCUT2D eigenvalue weighted by Crippen LogP contribution is 2.20. The summed E-state index contributed by atoms with van der Waals surface area (Å²) in [5, 5.41) is 3.22. The zero-order valence-corrected chi connectivity index (χ0v) is 12.9. The van der Waals surface area contributed by atoms with Gasteiger partial charge in [-0.3, -0.25) is 4.79 Å². The minimum absolute atomic E-state index is 0.00393. The van der Waals surface area contributed by atoms with E-state index in [9.17, 15) is 9.59 Å². The van der Waals surface area contributed by atoms with Crippen molar-refractivity contribution in [2.45, 2.75) is 12.8 Å². The fraction of sp³-hybridized carbons (Fsp3) is 0.500. The van der Waals surface area contributed by atoms with E-state index >= 15 is 0 Å². The Balaban J connectivity index is 1.86. The van der Waals surface area contributed by atoms with Gasteiger partial charge in [-0.1, -0.05) is 11.6 Å². The largest absolute Gasteiger partial charge is 0.331 e. The number of urea groups is 1. The van der Waals surface area contributed by atoms with Crippen LogP contribution in [0.4, 0.5) is 10.5 Å². The number of carbonyl (C=O) groups excluding carboxylic acids is 2. The lowest BCUT2D eigenvalue weighted by Gasteiger charge is -2.33. The van der Waals surface area contributed by atoms with E-state index in [1.807, 2.05) is 0 Å². The van der Waals surface area contributed by atoms with Gasteiger partial charge in [-0.05, 0) is 25.0 Å². The number of nitrogens with one attached hydrogen (secondary N) is 1. The minimum Gasteiger partial charge on any atom is -0.331 e. The lowest BCUT2D eigenvalue weighted by molar-refractivity contribution is -0.121. The third-order valence-corrected chi connectivity index (χ3v) is 3.74. The first-order chi connectivity index (χ1) is 9.97. The second-order valence-corrected chi connectivity index (χ2v) is 5.68. The molecule has 0 aromatic carbocycles. The van der Waals surface area contributed by atoms with Crippen LogP contribution in [0.25, 0.3) is 0 Å². The molecule has 7 heteroatoms. The van der Waals surface area contributed by atoms with Gasteiger partial charge in [0.2, 0.25) is 5.91 Å². The summed E-state index contributed by atoms with van der Waals surface area (Å²) in [5.41, 5.74) is 0.635. The molecule has 0 unspecified atom stereocenters. The maximum atomic E-state index is 12.2. The van der Waals surface area contributed by atoms with E-state index in [1.165, 1.54) is 6.20 Å². The molecule has 0 atom stereocenters. The highest BCUT2D eigenvalue weighted by molar-refractivity contribution is 6.29. The monoisotopic (exact) mass is 310 g/mol. The molecular weight excluding hydrogens is 292 g/mol. The van der Waals surface area contributed by atoms with Crippen LogP contribution in [0.1, 0.15) is 12.8 Å². The summed E-state index contributed by atoms with van der Waals surface area (Å²) in [4.78, 5) is 31.3. The van der Waals surface area contributed by atoms with E-state index < -0.39 is 0 Å². The normalized spacial score (nSPS) is 15.7. The van der Waals surface area contributed by atoms with Crippen molar-refractivity contribution in [2.75, 3.05) is 32.5 Å². The van der Waals surface area contributed by atoms with Crippen LogP contribution in [-0.4, -0.2) is 53.9 Å². The lowest BCUT2D eigenvalue weighted by Crippen LogP contribution is -2.45. The first-order valence-electron chi connectivity index (χ1n) is 6.86. The maximum absolute atomic E-state index is 12.2. The Labute approximate surface area is 129 Å². The van der Waals surface area contributed by atoms with Gasteiger partial charge in [-0.25, -0.2) is 9.78 Å². The van der Waals surface area contributed by atoms with Crippen molar-refractivity contribution in [3.63, 3.8) is 0 Å². The second-order valence-electron chi connectivity index (χ2n) is 5.30. The van der Waals surface area contributed by atoms with Gasteiger partial charge in [0.1, 0.15) is 5.15 Å². The van der Waals surface area contributed by atoms with E-state index in [0.29, 0.717) is 36.8 Å². The molecule has 1 saturated heterocycles. The number of halogens is 1. The first kappa shape index (κ1) is 15.6. The fourth-order valence-electron chi connectivity index (χ4n) is 2.31. The molecule has 6 nitrogen and oxygen atoms in total. The fourth-order valence-corrected chi connectivity index (χ4v) is 2.42. The molecule has 1 fully saturated rings. The molecule has 0 bridgehead atoms. The number of carbonyl (C=O) groups is 2. The Morgan fingerprint density at radius 1 is 1.33 bits per heavy atom. The van der Waals surface area contributed by atoms with E-state index in [0.717, 1.165) is 0 Å². The van der Waals surface area contributed by atoms with Crippen LogP contribution in [0.3, 0.4) is 0 Å². The third-order valence-electron chi connectivity index (χ3n) is 3.51. The number of hydrogen-bond acceptors (Lipinski definition) is 3. The second kappa shape index (κ2) is 6.76. The predicted octanol–water partition coefficient (Wildman–Crippen LogP) is 2.07. The lowest BCUT2D eigenvalue weighted by atomic mass is 9.96. The number of likely N-dealkylation sites (tertiary alicyclic amines) is 1. The van der Waals surface area contributed by atoms with E-state index in [4.69, 9.17) is 11.6 Å². The highest BCUT2D eigenvalue weighted by Gasteiger charge is 2.27. The maximum Gasteiger partial charge on any atom is 0.319 e. The summed E-state index contributed by atoms with van der Waals surface area (Å²) in [6, 6.07) is 3.35. The SMILES string of the molecule is CN(C)C(=O)N1CCC(C(=O)Nc2ccc(Cl)nc2)CC1. The Hall–Kier alpha value is -1.82. The van der Waals surface area contributed by atoms with Crippen LogP contribution in [0.5, 0.6) is 0 Å². The topological polar surface area (TPSA) is 65.5 Å². The number of piperidine rings is 1. The van der Waals surface area contributed by atoms with Gasteiger partial charge in [-0.15, -0.1) is 0 Å². The van der Waals surface area contributed by atoms with E-state index in [2.05, 4.69) is 10.3 Å².